The summed E-state index contributed by atoms with van der Waals surface area (Å²) in [6.07, 6.45) is 11.3. The SMILES string of the molecule is Cc1ncc(-c2cn[nH]c2)nc1C(=O)N[C@@H](C)c1cc2cccc(Cl)c2c(=O)n1-c1ccccc1.Cc1ncc(-c2cnn(C)c2)nc1C(=O)N[C@@H](C)c1cc2cccc(Cl)c2c(=O)n1-c1ccccc1.[C-]#[N+]c1cnc(C)c(C(=O)N[C@@H](C)c2cc3cccc(Cl)c3c(=O)n2-c2ccccc2)n1. The maximum absolute atomic E-state index is 13.6. The topological polar surface area (TPSA) is 282 Å². The van der Waals surface area contributed by atoms with Crippen molar-refractivity contribution in [2.45, 2.75) is 59.7 Å². The number of aromatic amines is 1. The van der Waals surface area contributed by atoms with Gasteiger partial charge in [0.1, 0.15) is 11.4 Å². The number of rotatable bonds is 14. The van der Waals surface area contributed by atoms with E-state index in [-0.39, 0.29) is 39.6 Å². The first-order valence-electron chi connectivity index (χ1n) is 32.2. The predicted octanol–water partition coefficient (Wildman–Crippen LogP) is 14.0. The molecule has 0 unspecified atom stereocenters. The molecule has 512 valence electrons. The fourth-order valence-corrected chi connectivity index (χ4v) is 12.6. The van der Waals surface area contributed by atoms with Gasteiger partial charge in [-0.05, 0) is 130 Å². The van der Waals surface area contributed by atoms with Gasteiger partial charge in [0.2, 0.25) is 5.69 Å². The summed E-state index contributed by atoms with van der Waals surface area (Å²) in [4.78, 5) is 109. The Balaban J connectivity index is 0.000000146. The van der Waals surface area contributed by atoms with Crippen molar-refractivity contribution < 1.29 is 14.4 Å². The first-order chi connectivity index (χ1) is 49.7. The molecule has 4 N–H and O–H groups in total. The minimum Gasteiger partial charge on any atom is -0.359 e. The average Bonchev–Trinajstić information content (AvgIpc) is 1.27. The summed E-state index contributed by atoms with van der Waals surface area (Å²) < 4.78 is 6.38. The highest BCUT2D eigenvalue weighted by atomic mass is 35.5. The van der Waals surface area contributed by atoms with Crippen molar-refractivity contribution in [1.82, 2.24) is 79.5 Å². The van der Waals surface area contributed by atoms with Crippen LogP contribution < -0.4 is 32.6 Å². The van der Waals surface area contributed by atoms with Gasteiger partial charge in [0, 0.05) is 64.7 Å². The second kappa shape index (κ2) is 30.5. The summed E-state index contributed by atoms with van der Waals surface area (Å²) in [6.45, 7) is 17.7. The maximum atomic E-state index is 13.6. The lowest BCUT2D eigenvalue weighted by Crippen LogP contribution is -2.33. The highest BCUT2D eigenvalue weighted by Crippen LogP contribution is 2.31. The molecule has 0 bridgehead atoms. The summed E-state index contributed by atoms with van der Waals surface area (Å²) in [6, 6.07) is 47.6. The number of carbonyl (C=O) groups excluding carboxylic acids is 3. The minimum absolute atomic E-state index is 0.0370. The number of halogens is 3. The van der Waals surface area contributed by atoms with Crippen LogP contribution in [0.1, 0.15) is 105 Å². The number of nitrogens with zero attached hydrogens (tertiary/aromatic N) is 13. The smallest absolute Gasteiger partial charge is 0.296 e. The van der Waals surface area contributed by atoms with Gasteiger partial charge in [-0.3, -0.25) is 67.2 Å². The van der Waals surface area contributed by atoms with E-state index in [1.54, 1.807) is 113 Å². The van der Waals surface area contributed by atoms with Gasteiger partial charge in [0.05, 0.1) is 109 Å². The standard InChI is InChI=1S/C27H23ClN6O2.C26H21ClN6O2.C24H18ClN5O2/c1-16(31-26(35)25-17(2)29-14-22(32-25)19-13-30-33(3)15-19)23-12-18-8-7-11-21(28)24(18)27(36)34(23)20-9-5-4-6-10-20;1-15(31-25(34)24-16(2)28-14-21(32-24)18-12-29-30-13-18)22-11-17-7-6-10-20(27)23(17)26(35)33(22)19-8-4-3-5-9-19;1-14(28-23(31)22-15(2)27-13-20(26-3)29-22)19-12-16-8-7-11-18(25)21(16)24(32)30(19)17-9-5-4-6-10-17/h4-16H,1-3H3,(H,31,35);3-15H,1-2H3,(H,29,30)(H,31,34);4-14H,1-2H3,(H,28,31)/t16-;15-;14-/m000/s1. The fourth-order valence-electron chi connectivity index (χ4n) is 11.8. The third kappa shape index (κ3) is 14.8. The van der Waals surface area contributed by atoms with E-state index in [0.717, 1.165) is 11.1 Å². The second-order valence-electron chi connectivity index (χ2n) is 23.9. The molecule has 0 aliphatic carbocycles. The first kappa shape index (κ1) is 70.3. The Morgan fingerprint density at radius 1 is 0.466 bits per heavy atom. The Hall–Kier alpha value is -12.6. The Kier molecular flexibility index (Phi) is 20.8. The minimum atomic E-state index is -0.559. The molecule has 14 aromatic rings. The van der Waals surface area contributed by atoms with Crippen LogP contribution in [0.25, 0.3) is 76.7 Å². The summed E-state index contributed by atoms with van der Waals surface area (Å²) in [5.74, 6) is -1.23. The predicted molar refractivity (Wildman–Crippen MR) is 398 cm³/mol. The zero-order valence-corrected chi connectivity index (χ0v) is 58.5. The fraction of sp³-hybridized carbons (Fsp3) is 0.130. The average molecular weight is 1430 g/mol. The molecule has 26 heteroatoms. The number of hydrogen-bond donors (Lipinski definition) is 4. The number of amides is 3. The summed E-state index contributed by atoms with van der Waals surface area (Å²) in [5, 5.41) is 24.1. The lowest BCUT2D eigenvalue weighted by Gasteiger charge is -2.21. The molecule has 3 amide bonds. The number of aromatic nitrogens is 13. The quantitative estimate of drug-likeness (QED) is 0.0737. The summed E-state index contributed by atoms with van der Waals surface area (Å²) >= 11 is 19.1. The number of aryl methyl sites for hydroxylation is 4. The highest BCUT2D eigenvalue weighted by molar-refractivity contribution is 6.36. The molecule has 8 aromatic heterocycles. The van der Waals surface area contributed by atoms with Crippen molar-refractivity contribution in [1.29, 1.82) is 0 Å². The number of para-hydroxylation sites is 3. The van der Waals surface area contributed by atoms with E-state index >= 15 is 0 Å². The number of pyridine rings is 3. The molecule has 23 nitrogen and oxygen atoms in total. The van der Waals surface area contributed by atoms with Crippen LogP contribution in [0, 0.1) is 27.3 Å². The molecule has 0 spiro atoms. The molecule has 0 radical (unpaired) electrons. The van der Waals surface area contributed by atoms with E-state index in [1.807, 2.05) is 154 Å². The van der Waals surface area contributed by atoms with Gasteiger partial charge < -0.3 is 20.8 Å². The van der Waals surface area contributed by atoms with Crippen molar-refractivity contribution in [3.63, 3.8) is 0 Å². The normalized spacial score (nSPS) is 11.9. The van der Waals surface area contributed by atoms with Crippen molar-refractivity contribution in [2.24, 2.45) is 7.05 Å². The third-order valence-electron chi connectivity index (χ3n) is 16.9. The highest BCUT2D eigenvalue weighted by Gasteiger charge is 2.27. The van der Waals surface area contributed by atoms with Crippen LogP contribution >= 0.6 is 34.8 Å². The lowest BCUT2D eigenvalue weighted by molar-refractivity contribution is 0.0924. The monoisotopic (exact) mass is 1430 g/mol. The Bertz CT molecular complexity index is 5830. The van der Waals surface area contributed by atoms with Crippen LogP contribution in [-0.2, 0) is 7.05 Å². The van der Waals surface area contributed by atoms with Gasteiger partial charge in [0.15, 0.2) is 0 Å². The molecule has 8 heterocycles. The molecular formula is C77H62Cl3N17O6. The van der Waals surface area contributed by atoms with Gasteiger partial charge in [0.25, 0.3) is 40.2 Å². The molecule has 0 saturated carbocycles. The molecule has 0 fully saturated rings. The van der Waals surface area contributed by atoms with Gasteiger partial charge in [-0.25, -0.2) is 9.97 Å². The van der Waals surface area contributed by atoms with Crippen molar-refractivity contribution >= 4 is 90.7 Å². The van der Waals surface area contributed by atoms with Crippen LogP contribution in [0.3, 0.4) is 0 Å². The van der Waals surface area contributed by atoms with Crippen LogP contribution in [0.5, 0.6) is 0 Å². The molecule has 0 aliphatic rings. The summed E-state index contributed by atoms with van der Waals surface area (Å²) in [7, 11) is 1.81. The molecule has 6 aromatic carbocycles. The zero-order valence-electron chi connectivity index (χ0n) is 56.3. The molecule has 103 heavy (non-hydrogen) atoms. The van der Waals surface area contributed by atoms with Crippen molar-refractivity contribution in [3.05, 3.63) is 316 Å². The number of benzene rings is 6. The van der Waals surface area contributed by atoms with Crippen LogP contribution in [0.4, 0.5) is 5.82 Å². The number of fused-ring (bicyclic) bond motifs is 3. The number of hydrogen-bond acceptors (Lipinski definition) is 14. The summed E-state index contributed by atoms with van der Waals surface area (Å²) in [5.41, 5.74) is 7.47. The van der Waals surface area contributed by atoms with Gasteiger partial charge >= 0.3 is 0 Å². The van der Waals surface area contributed by atoms with Crippen molar-refractivity contribution in [2.75, 3.05) is 0 Å². The van der Waals surface area contributed by atoms with E-state index in [1.165, 1.54) is 6.20 Å². The zero-order chi connectivity index (χ0) is 72.8. The third-order valence-corrected chi connectivity index (χ3v) is 17.8. The van der Waals surface area contributed by atoms with E-state index in [9.17, 15) is 28.8 Å². The van der Waals surface area contributed by atoms with Crippen LogP contribution in [-0.4, -0.2) is 81.3 Å². The van der Waals surface area contributed by atoms with Crippen molar-refractivity contribution in [3.8, 4) is 39.6 Å². The van der Waals surface area contributed by atoms with Gasteiger partial charge in [-0.1, -0.05) is 132 Å². The second-order valence-corrected chi connectivity index (χ2v) is 25.1. The van der Waals surface area contributed by atoms with Crippen LogP contribution in [0.2, 0.25) is 15.1 Å². The van der Waals surface area contributed by atoms with Gasteiger partial charge in [-0.15, -0.1) is 4.98 Å². The molecular weight excluding hydrogens is 1370 g/mol. The molecule has 0 saturated heterocycles. The number of H-pyrrole nitrogens is 1. The first-order valence-corrected chi connectivity index (χ1v) is 33.3. The Morgan fingerprint density at radius 3 is 1.17 bits per heavy atom. The number of nitrogens with one attached hydrogen (secondary N) is 4. The molecule has 0 aliphatic heterocycles. The number of carbonyl (C=O) groups is 3. The molecule has 3 atom stereocenters. The molecule has 14 rings (SSSR count). The van der Waals surface area contributed by atoms with E-state index in [4.69, 9.17) is 41.4 Å². The lowest BCUT2D eigenvalue weighted by atomic mass is 10.1. The van der Waals surface area contributed by atoms with Gasteiger partial charge in [-0.2, -0.15) is 10.2 Å². The maximum Gasteiger partial charge on any atom is 0.296 e. The van der Waals surface area contributed by atoms with E-state index in [2.05, 4.69) is 66.0 Å². The van der Waals surface area contributed by atoms with E-state index in [0.29, 0.717) is 110 Å². The van der Waals surface area contributed by atoms with Crippen LogP contribution in [0.15, 0.2) is 222 Å². The van der Waals surface area contributed by atoms with E-state index < -0.39 is 35.8 Å². The Labute approximate surface area is 603 Å². The largest absolute Gasteiger partial charge is 0.359 e. The Morgan fingerprint density at radius 2 is 0.825 bits per heavy atom.